The monoisotopic (exact) mass is 483 g/mol. The Morgan fingerprint density at radius 2 is 1.82 bits per heavy atom. The molecule has 2 N–H and O–H groups in total. The average Bonchev–Trinajstić information content (AvgIpc) is 3.23. The van der Waals surface area contributed by atoms with E-state index in [1.54, 1.807) is 4.90 Å². The summed E-state index contributed by atoms with van der Waals surface area (Å²) in [6.07, 6.45) is 1.50. The lowest BCUT2D eigenvalue weighted by Crippen LogP contribution is -2.46. The van der Waals surface area contributed by atoms with Gasteiger partial charge in [-0.2, -0.15) is 0 Å². The summed E-state index contributed by atoms with van der Waals surface area (Å²) < 4.78 is 1.94. The van der Waals surface area contributed by atoms with Crippen molar-refractivity contribution in [1.29, 1.82) is 0 Å². The zero-order valence-electron chi connectivity index (χ0n) is 18.6. The molecule has 0 bridgehead atoms. The number of amides is 2. The molecule has 1 aliphatic rings. The molecule has 7 nitrogen and oxygen atoms in total. The number of carbonyl (C=O) groups is 2. The Morgan fingerprint density at radius 3 is 2.48 bits per heavy atom. The molecule has 2 aromatic carbocycles. The van der Waals surface area contributed by atoms with Crippen molar-refractivity contribution in [3.8, 4) is 17.1 Å². The number of nitrogens with two attached hydrogens (primary N) is 1. The number of halogens is 1. The Kier molecular flexibility index (Phi) is 7.05. The Labute approximate surface area is 202 Å². The van der Waals surface area contributed by atoms with Crippen molar-refractivity contribution >= 4 is 35.2 Å². The molecule has 1 aromatic heterocycles. The van der Waals surface area contributed by atoms with Crippen LogP contribution in [0.4, 0.5) is 0 Å². The number of aromatic nitrogens is 3. The number of nitrogens with zero attached hydrogens (tertiary/aromatic N) is 4. The van der Waals surface area contributed by atoms with Crippen LogP contribution in [0.5, 0.6) is 0 Å². The number of hydrogen-bond donors (Lipinski definition) is 1. The molecule has 2 heterocycles. The third kappa shape index (κ3) is 5.23. The van der Waals surface area contributed by atoms with Crippen LogP contribution in [0.15, 0.2) is 53.7 Å². The Hall–Kier alpha value is -2.84. The molecule has 0 spiro atoms. The molecular weight excluding hydrogens is 458 g/mol. The minimum Gasteiger partial charge on any atom is -0.369 e. The topological polar surface area (TPSA) is 94.1 Å². The molecule has 0 aliphatic carbocycles. The van der Waals surface area contributed by atoms with Crippen LogP contribution in [-0.4, -0.2) is 49.8 Å². The van der Waals surface area contributed by atoms with E-state index in [1.165, 1.54) is 11.8 Å². The van der Waals surface area contributed by atoms with Gasteiger partial charge in [-0.3, -0.25) is 14.2 Å². The van der Waals surface area contributed by atoms with Gasteiger partial charge in [0.1, 0.15) is 0 Å². The van der Waals surface area contributed by atoms with Crippen molar-refractivity contribution in [2.75, 3.05) is 13.1 Å². The zero-order chi connectivity index (χ0) is 23.5. The number of piperidine rings is 1. The molecule has 0 radical (unpaired) electrons. The van der Waals surface area contributed by atoms with Gasteiger partial charge in [-0.05, 0) is 51.0 Å². The first-order chi connectivity index (χ1) is 15.8. The molecule has 4 rings (SSSR count). The lowest BCUT2D eigenvalue weighted by molar-refractivity contribution is -0.134. The summed E-state index contributed by atoms with van der Waals surface area (Å²) in [5.74, 6) is 0.0171. The van der Waals surface area contributed by atoms with Crippen molar-refractivity contribution in [2.24, 2.45) is 11.7 Å². The number of benzene rings is 2. The Bertz CT molecular complexity index is 1150. The van der Waals surface area contributed by atoms with Gasteiger partial charge in [0.2, 0.25) is 11.8 Å². The second-order valence-electron chi connectivity index (χ2n) is 8.27. The summed E-state index contributed by atoms with van der Waals surface area (Å²) in [4.78, 5) is 26.5. The number of likely N-dealkylation sites (tertiary alicyclic amines) is 1. The van der Waals surface area contributed by atoms with Gasteiger partial charge < -0.3 is 10.6 Å². The van der Waals surface area contributed by atoms with Crippen LogP contribution in [0.2, 0.25) is 5.02 Å². The van der Waals surface area contributed by atoms with E-state index in [0.29, 0.717) is 29.1 Å². The van der Waals surface area contributed by atoms with Crippen LogP contribution in [-0.2, 0) is 9.59 Å². The van der Waals surface area contributed by atoms with E-state index in [1.807, 2.05) is 66.9 Å². The van der Waals surface area contributed by atoms with E-state index >= 15 is 0 Å². The predicted molar refractivity (Wildman–Crippen MR) is 130 cm³/mol. The maximum atomic E-state index is 13.2. The summed E-state index contributed by atoms with van der Waals surface area (Å²) in [5, 5.41) is 9.71. The van der Waals surface area contributed by atoms with Gasteiger partial charge in [0.05, 0.1) is 11.2 Å². The number of aryl methyl sites for hydroxylation is 1. The highest BCUT2D eigenvalue weighted by Gasteiger charge is 2.31. The molecule has 0 saturated carbocycles. The lowest BCUT2D eigenvalue weighted by Gasteiger charge is -2.32. The van der Waals surface area contributed by atoms with Crippen LogP contribution in [0.1, 0.15) is 25.3 Å². The second kappa shape index (κ2) is 9.97. The van der Waals surface area contributed by atoms with Crippen molar-refractivity contribution in [2.45, 2.75) is 37.1 Å². The molecule has 1 fully saturated rings. The zero-order valence-corrected chi connectivity index (χ0v) is 20.1. The van der Waals surface area contributed by atoms with Crippen LogP contribution in [0, 0.1) is 12.8 Å². The van der Waals surface area contributed by atoms with Crippen LogP contribution in [0.25, 0.3) is 17.1 Å². The van der Waals surface area contributed by atoms with E-state index in [0.717, 1.165) is 29.7 Å². The number of primary amides is 1. The largest absolute Gasteiger partial charge is 0.369 e. The highest BCUT2D eigenvalue weighted by atomic mass is 35.5. The highest BCUT2D eigenvalue weighted by Crippen LogP contribution is 2.32. The molecule has 9 heteroatoms. The van der Waals surface area contributed by atoms with E-state index < -0.39 is 5.25 Å². The van der Waals surface area contributed by atoms with Gasteiger partial charge in [0.15, 0.2) is 11.0 Å². The fourth-order valence-corrected chi connectivity index (χ4v) is 5.01. The molecule has 1 saturated heterocycles. The van der Waals surface area contributed by atoms with Crippen LogP contribution >= 0.6 is 23.4 Å². The molecule has 2 amide bonds. The Balaban J connectivity index is 1.63. The normalized spacial score (nSPS) is 17.1. The summed E-state index contributed by atoms with van der Waals surface area (Å²) in [6.45, 7) is 4.89. The molecule has 1 aliphatic heterocycles. The van der Waals surface area contributed by atoms with Crippen molar-refractivity contribution in [1.82, 2.24) is 19.7 Å². The third-order valence-corrected chi connectivity index (χ3v) is 7.08. The van der Waals surface area contributed by atoms with Gasteiger partial charge in [-0.1, -0.05) is 53.2 Å². The minimum atomic E-state index is -0.405. The minimum absolute atomic E-state index is 0.0338. The molecule has 2 atom stereocenters. The first-order valence-corrected chi connectivity index (χ1v) is 12.1. The molecule has 2 unspecified atom stereocenters. The van der Waals surface area contributed by atoms with Gasteiger partial charge in [0.25, 0.3) is 0 Å². The first-order valence-electron chi connectivity index (χ1n) is 10.9. The summed E-state index contributed by atoms with van der Waals surface area (Å²) in [5.41, 5.74) is 8.41. The Morgan fingerprint density at radius 1 is 1.12 bits per heavy atom. The molecular formula is C24H26ClN5O2S. The van der Waals surface area contributed by atoms with Crippen LogP contribution < -0.4 is 5.73 Å². The van der Waals surface area contributed by atoms with E-state index in [4.69, 9.17) is 17.3 Å². The highest BCUT2D eigenvalue weighted by molar-refractivity contribution is 8.00. The van der Waals surface area contributed by atoms with Gasteiger partial charge in [0, 0.05) is 29.4 Å². The lowest BCUT2D eigenvalue weighted by atomic mass is 9.97. The van der Waals surface area contributed by atoms with Gasteiger partial charge in [-0.25, -0.2) is 0 Å². The SMILES string of the molecule is Cc1ccc(-c2nnc(SC(C)C(=O)N3CCCC(C(N)=O)C3)n2-c2ccc(Cl)cc2)cc1. The van der Waals surface area contributed by atoms with Gasteiger partial charge >= 0.3 is 0 Å². The standard InChI is InChI=1S/C24H26ClN5O2S/c1-15-5-7-17(8-6-15)22-27-28-24(30(22)20-11-9-19(25)10-12-20)33-16(2)23(32)29-13-3-4-18(14-29)21(26)31/h5-12,16,18H,3-4,13-14H2,1-2H3,(H2,26,31). The number of carbonyl (C=O) groups excluding carboxylic acids is 2. The average molecular weight is 484 g/mol. The fourth-order valence-electron chi connectivity index (χ4n) is 3.93. The van der Waals surface area contributed by atoms with Crippen molar-refractivity contribution < 1.29 is 9.59 Å². The van der Waals surface area contributed by atoms with Crippen molar-refractivity contribution in [3.63, 3.8) is 0 Å². The van der Waals surface area contributed by atoms with Crippen LogP contribution in [0.3, 0.4) is 0 Å². The summed E-state index contributed by atoms with van der Waals surface area (Å²) in [6, 6.07) is 15.5. The van der Waals surface area contributed by atoms with Gasteiger partial charge in [-0.15, -0.1) is 10.2 Å². The molecule has 3 aromatic rings. The fraction of sp³-hybridized carbons (Fsp3) is 0.333. The van der Waals surface area contributed by atoms with E-state index in [2.05, 4.69) is 10.2 Å². The summed E-state index contributed by atoms with van der Waals surface area (Å²) >= 11 is 7.45. The molecule has 172 valence electrons. The first kappa shape index (κ1) is 23.3. The third-order valence-electron chi connectivity index (χ3n) is 5.79. The number of thioether (sulfide) groups is 1. The maximum absolute atomic E-state index is 13.2. The smallest absolute Gasteiger partial charge is 0.235 e. The number of rotatable bonds is 6. The van der Waals surface area contributed by atoms with E-state index in [-0.39, 0.29) is 17.7 Å². The van der Waals surface area contributed by atoms with Crippen molar-refractivity contribution in [3.05, 3.63) is 59.1 Å². The predicted octanol–water partition coefficient (Wildman–Crippen LogP) is 4.10. The molecule has 33 heavy (non-hydrogen) atoms. The maximum Gasteiger partial charge on any atom is 0.235 e. The summed E-state index contributed by atoms with van der Waals surface area (Å²) in [7, 11) is 0. The second-order valence-corrected chi connectivity index (χ2v) is 10.0. The quantitative estimate of drug-likeness (QED) is 0.532. The van der Waals surface area contributed by atoms with E-state index in [9.17, 15) is 9.59 Å². The number of hydrogen-bond acceptors (Lipinski definition) is 5.